The van der Waals surface area contributed by atoms with E-state index in [2.05, 4.69) is 0 Å². The summed E-state index contributed by atoms with van der Waals surface area (Å²) in [6.07, 6.45) is 0. The Labute approximate surface area is 120 Å². The summed E-state index contributed by atoms with van der Waals surface area (Å²) < 4.78 is 0. The lowest BCUT2D eigenvalue weighted by Gasteiger charge is -2.14. The van der Waals surface area contributed by atoms with Crippen LogP contribution in [0.15, 0.2) is 48.5 Å². The molecule has 3 rings (SSSR count). The number of carbonyl (C=O) groups is 3. The SMILES string of the molecule is O=C([O-])c1cccc(CN2C(=O)c3ccccc3C2=O)c1. The van der Waals surface area contributed by atoms with Gasteiger partial charge < -0.3 is 9.90 Å². The van der Waals surface area contributed by atoms with Crippen molar-refractivity contribution in [2.24, 2.45) is 0 Å². The molecule has 2 aromatic carbocycles. The van der Waals surface area contributed by atoms with E-state index in [-0.39, 0.29) is 23.9 Å². The Hall–Kier alpha value is -2.95. The van der Waals surface area contributed by atoms with Crippen LogP contribution in [-0.2, 0) is 6.54 Å². The zero-order valence-electron chi connectivity index (χ0n) is 10.9. The van der Waals surface area contributed by atoms with Crippen molar-refractivity contribution in [3.63, 3.8) is 0 Å². The molecule has 2 aromatic rings. The van der Waals surface area contributed by atoms with E-state index in [0.717, 1.165) is 4.90 Å². The van der Waals surface area contributed by atoms with Crippen molar-refractivity contribution in [3.05, 3.63) is 70.8 Å². The van der Waals surface area contributed by atoms with Gasteiger partial charge in [0.1, 0.15) is 0 Å². The number of nitrogens with zero attached hydrogens (tertiary/aromatic N) is 1. The van der Waals surface area contributed by atoms with Crippen LogP contribution >= 0.6 is 0 Å². The number of aromatic carboxylic acids is 1. The quantitative estimate of drug-likeness (QED) is 0.781. The predicted molar refractivity (Wildman–Crippen MR) is 71.4 cm³/mol. The lowest BCUT2D eigenvalue weighted by atomic mass is 10.1. The van der Waals surface area contributed by atoms with Gasteiger partial charge >= 0.3 is 0 Å². The summed E-state index contributed by atoms with van der Waals surface area (Å²) in [7, 11) is 0. The Morgan fingerprint density at radius 3 is 2.14 bits per heavy atom. The second-order valence-corrected chi connectivity index (χ2v) is 4.73. The van der Waals surface area contributed by atoms with Crippen LogP contribution in [0.5, 0.6) is 0 Å². The summed E-state index contributed by atoms with van der Waals surface area (Å²) in [5.41, 5.74) is 1.33. The minimum Gasteiger partial charge on any atom is -0.545 e. The minimum absolute atomic E-state index is 0.0177. The van der Waals surface area contributed by atoms with Crippen LogP contribution in [0.25, 0.3) is 0 Å². The number of benzene rings is 2. The van der Waals surface area contributed by atoms with Gasteiger partial charge in [-0.25, -0.2) is 0 Å². The molecule has 0 unspecified atom stereocenters. The van der Waals surface area contributed by atoms with Crippen molar-refractivity contribution in [3.8, 4) is 0 Å². The van der Waals surface area contributed by atoms with Crippen LogP contribution in [-0.4, -0.2) is 22.7 Å². The van der Waals surface area contributed by atoms with E-state index in [4.69, 9.17) is 0 Å². The number of hydrogen-bond acceptors (Lipinski definition) is 4. The first-order valence-electron chi connectivity index (χ1n) is 6.33. The average molecular weight is 280 g/mol. The Morgan fingerprint density at radius 2 is 1.57 bits per heavy atom. The molecule has 0 radical (unpaired) electrons. The molecule has 0 fully saturated rings. The zero-order chi connectivity index (χ0) is 15.0. The molecule has 0 N–H and O–H groups in total. The maximum atomic E-state index is 12.2. The molecule has 5 heteroatoms. The van der Waals surface area contributed by atoms with Crippen molar-refractivity contribution < 1.29 is 19.5 Å². The number of fused-ring (bicyclic) bond motifs is 1. The molecule has 0 saturated carbocycles. The number of rotatable bonds is 3. The van der Waals surface area contributed by atoms with Gasteiger partial charge in [0.05, 0.1) is 23.6 Å². The first kappa shape index (κ1) is 13.1. The summed E-state index contributed by atoms with van der Waals surface area (Å²) in [6, 6.07) is 12.6. The van der Waals surface area contributed by atoms with E-state index in [9.17, 15) is 19.5 Å². The Balaban J connectivity index is 1.90. The molecule has 5 nitrogen and oxygen atoms in total. The van der Waals surface area contributed by atoms with Crippen molar-refractivity contribution in [2.75, 3.05) is 0 Å². The number of carboxylic acids is 1. The third kappa shape index (κ3) is 2.18. The highest BCUT2D eigenvalue weighted by Crippen LogP contribution is 2.24. The topological polar surface area (TPSA) is 77.5 Å². The molecule has 0 spiro atoms. The Bertz CT molecular complexity index is 731. The third-order valence-electron chi connectivity index (χ3n) is 3.38. The standard InChI is InChI=1S/C16H11NO4/c18-14-12-6-1-2-7-13(12)15(19)17(14)9-10-4-3-5-11(8-10)16(20)21/h1-8H,9H2,(H,20,21)/p-1. The van der Waals surface area contributed by atoms with Gasteiger partial charge in [0.25, 0.3) is 11.8 Å². The van der Waals surface area contributed by atoms with E-state index in [1.165, 1.54) is 12.1 Å². The second kappa shape index (κ2) is 4.86. The summed E-state index contributed by atoms with van der Waals surface area (Å²) in [6.45, 7) is 0.0352. The smallest absolute Gasteiger partial charge is 0.261 e. The van der Waals surface area contributed by atoms with Gasteiger partial charge in [-0.15, -0.1) is 0 Å². The maximum absolute atomic E-state index is 12.2. The number of imide groups is 1. The molecule has 0 aromatic heterocycles. The van der Waals surface area contributed by atoms with E-state index in [1.807, 2.05) is 0 Å². The minimum atomic E-state index is -1.29. The van der Waals surface area contributed by atoms with Gasteiger partial charge in [0, 0.05) is 0 Å². The summed E-state index contributed by atoms with van der Waals surface area (Å²) in [5.74, 6) is -2.02. The molecule has 0 saturated heterocycles. The maximum Gasteiger partial charge on any atom is 0.261 e. The predicted octanol–water partition coefficient (Wildman–Crippen LogP) is 0.846. The van der Waals surface area contributed by atoms with Gasteiger partial charge in [-0.2, -0.15) is 0 Å². The summed E-state index contributed by atoms with van der Waals surface area (Å²) in [4.78, 5) is 36.4. The van der Waals surface area contributed by atoms with Crippen molar-refractivity contribution in [2.45, 2.75) is 6.54 Å². The Morgan fingerprint density at radius 1 is 0.952 bits per heavy atom. The van der Waals surface area contributed by atoms with E-state index < -0.39 is 5.97 Å². The first-order valence-corrected chi connectivity index (χ1v) is 6.33. The van der Waals surface area contributed by atoms with Crippen molar-refractivity contribution in [1.82, 2.24) is 4.90 Å². The highest BCUT2D eigenvalue weighted by molar-refractivity contribution is 6.21. The molecular formula is C16H10NO4-. The fraction of sp³-hybridized carbons (Fsp3) is 0.0625. The lowest BCUT2D eigenvalue weighted by Crippen LogP contribution is -2.29. The number of amides is 2. The second-order valence-electron chi connectivity index (χ2n) is 4.73. The molecule has 1 aliphatic rings. The largest absolute Gasteiger partial charge is 0.545 e. The first-order chi connectivity index (χ1) is 10.1. The molecule has 0 atom stereocenters. The van der Waals surface area contributed by atoms with Crippen molar-refractivity contribution >= 4 is 17.8 Å². The molecule has 0 bridgehead atoms. The highest BCUT2D eigenvalue weighted by Gasteiger charge is 2.34. The fourth-order valence-corrected chi connectivity index (χ4v) is 2.36. The Kier molecular flexibility index (Phi) is 3.02. The van der Waals surface area contributed by atoms with E-state index in [0.29, 0.717) is 16.7 Å². The monoisotopic (exact) mass is 280 g/mol. The van der Waals surface area contributed by atoms with Gasteiger partial charge in [-0.3, -0.25) is 14.5 Å². The molecule has 1 heterocycles. The van der Waals surface area contributed by atoms with E-state index >= 15 is 0 Å². The van der Waals surface area contributed by atoms with Gasteiger partial charge in [-0.1, -0.05) is 30.3 Å². The molecule has 1 aliphatic heterocycles. The van der Waals surface area contributed by atoms with Gasteiger partial charge in [-0.05, 0) is 29.3 Å². The normalized spacial score (nSPS) is 13.4. The molecule has 2 amide bonds. The molecule has 104 valence electrons. The number of carbonyl (C=O) groups excluding carboxylic acids is 3. The van der Waals surface area contributed by atoms with Crippen LogP contribution in [0.1, 0.15) is 36.6 Å². The highest BCUT2D eigenvalue weighted by atomic mass is 16.4. The van der Waals surface area contributed by atoms with Crippen molar-refractivity contribution in [1.29, 1.82) is 0 Å². The third-order valence-corrected chi connectivity index (χ3v) is 3.38. The van der Waals surface area contributed by atoms with Gasteiger partial charge in [0.2, 0.25) is 0 Å². The molecule has 21 heavy (non-hydrogen) atoms. The number of carboxylic acid groups (broad SMARTS) is 1. The summed E-state index contributed by atoms with van der Waals surface area (Å²) in [5, 5.41) is 10.8. The zero-order valence-corrected chi connectivity index (χ0v) is 10.9. The van der Waals surface area contributed by atoms with Crippen LogP contribution in [0.4, 0.5) is 0 Å². The van der Waals surface area contributed by atoms with Crippen LogP contribution in [0.2, 0.25) is 0 Å². The fourth-order valence-electron chi connectivity index (χ4n) is 2.36. The van der Waals surface area contributed by atoms with E-state index in [1.54, 1.807) is 36.4 Å². The van der Waals surface area contributed by atoms with Crippen LogP contribution in [0, 0.1) is 0 Å². The lowest BCUT2D eigenvalue weighted by molar-refractivity contribution is -0.255. The van der Waals surface area contributed by atoms with Gasteiger partial charge in [0.15, 0.2) is 0 Å². The summed E-state index contributed by atoms with van der Waals surface area (Å²) >= 11 is 0. The molecule has 0 aliphatic carbocycles. The number of hydrogen-bond donors (Lipinski definition) is 0. The van der Waals surface area contributed by atoms with Crippen LogP contribution in [0.3, 0.4) is 0 Å². The average Bonchev–Trinajstić information content (AvgIpc) is 2.73. The molecular weight excluding hydrogens is 270 g/mol. The van der Waals surface area contributed by atoms with Crippen LogP contribution < -0.4 is 5.11 Å².